The van der Waals surface area contributed by atoms with Gasteiger partial charge in [-0.2, -0.15) is 0 Å². The minimum atomic E-state index is -1.89. The second-order valence-corrected chi connectivity index (χ2v) is 36.6. The minimum absolute atomic E-state index is 0.204. The first-order valence-electron chi connectivity index (χ1n) is 21.2. The molecule has 3 nitrogen and oxygen atoms in total. The maximum Gasteiger partial charge on any atom is 0.250 e. The number of hydrogen-bond acceptors (Lipinski definition) is 3. The van der Waals surface area contributed by atoms with Crippen LogP contribution in [0.3, 0.4) is 0 Å². The van der Waals surface area contributed by atoms with Crippen molar-refractivity contribution >= 4 is 25.0 Å². The van der Waals surface area contributed by atoms with E-state index in [0.29, 0.717) is 11.3 Å². The molecular weight excluding hydrogens is 685 g/mol. The van der Waals surface area contributed by atoms with Crippen LogP contribution in [0.2, 0.25) is 54.4 Å². The molecular formula is C46H82O3Si3. The predicted octanol–water partition coefficient (Wildman–Crippen LogP) is 14.7. The lowest BCUT2D eigenvalue weighted by Crippen LogP contribution is -2.48. The summed E-state index contributed by atoms with van der Waals surface area (Å²) in [6, 6.07) is 9.01. The SMILES string of the molecule is C[C@H](CCc1cccc(O[Si](C)(C)C(C)(C)C)c1)[C@H]1CC[C@H]2/C(=C/C=C3C[C@@H](O[Si](C)(C)C(C)(C)C)C[C@H](O[Si](C)(C)C(C)(C)C)C3)CCC[C@]12C. The van der Waals surface area contributed by atoms with Gasteiger partial charge in [-0.25, -0.2) is 0 Å². The van der Waals surface area contributed by atoms with Crippen LogP contribution in [-0.2, 0) is 15.3 Å². The highest BCUT2D eigenvalue weighted by molar-refractivity contribution is 6.75. The van der Waals surface area contributed by atoms with Gasteiger partial charge in [0.05, 0.1) is 12.2 Å². The van der Waals surface area contributed by atoms with E-state index in [2.05, 4.69) is 152 Å². The molecule has 52 heavy (non-hydrogen) atoms. The maximum absolute atomic E-state index is 7.12. The molecule has 296 valence electrons. The Balaban J connectivity index is 1.48. The van der Waals surface area contributed by atoms with Crippen LogP contribution < -0.4 is 4.43 Å². The Labute approximate surface area is 325 Å². The van der Waals surface area contributed by atoms with Crippen molar-refractivity contribution < 1.29 is 13.3 Å². The summed E-state index contributed by atoms with van der Waals surface area (Å²) in [5.74, 6) is 3.29. The van der Waals surface area contributed by atoms with Crippen molar-refractivity contribution in [3.8, 4) is 5.75 Å². The molecule has 4 rings (SSSR count). The molecule has 3 saturated carbocycles. The van der Waals surface area contributed by atoms with Gasteiger partial charge in [0.25, 0.3) is 0 Å². The van der Waals surface area contributed by atoms with Gasteiger partial charge in [-0.15, -0.1) is 0 Å². The van der Waals surface area contributed by atoms with E-state index in [1.807, 2.05) is 0 Å². The van der Waals surface area contributed by atoms with Crippen molar-refractivity contribution in [2.45, 2.75) is 207 Å². The zero-order chi connectivity index (χ0) is 39.1. The van der Waals surface area contributed by atoms with E-state index in [9.17, 15) is 0 Å². The minimum Gasteiger partial charge on any atom is -0.543 e. The van der Waals surface area contributed by atoms with E-state index in [-0.39, 0.29) is 27.3 Å². The number of benzene rings is 1. The molecule has 1 aromatic rings. The summed E-state index contributed by atoms with van der Waals surface area (Å²) in [5.41, 5.74) is 5.10. The van der Waals surface area contributed by atoms with Gasteiger partial charge in [-0.1, -0.05) is 112 Å². The first-order chi connectivity index (χ1) is 23.7. The molecule has 0 aliphatic heterocycles. The summed E-state index contributed by atoms with van der Waals surface area (Å²) in [5, 5.41) is 0.616. The number of rotatable bonds is 11. The smallest absolute Gasteiger partial charge is 0.250 e. The van der Waals surface area contributed by atoms with Crippen LogP contribution in [0.25, 0.3) is 0 Å². The van der Waals surface area contributed by atoms with E-state index in [1.165, 1.54) is 44.1 Å². The third kappa shape index (κ3) is 10.3. The molecule has 0 bridgehead atoms. The van der Waals surface area contributed by atoms with Crippen LogP contribution in [0.5, 0.6) is 5.75 Å². The molecule has 0 N–H and O–H groups in total. The van der Waals surface area contributed by atoms with E-state index in [4.69, 9.17) is 13.3 Å². The van der Waals surface area contributed by atoms with Gasteiger partial charge < -0.3 is 13.3 Å². The topological polar surface area (TPSA) is 27.7 Å². The molecule has 0 heterocycles. The second-order valence-electron chi connectivity index (χ2n) is 22.3. The molecule has 0 aromatic heterocycles. The van der Waals surface area contributed by atoms with Crippen molar-refractivity contribution in [2.75, 3.05) is 0 Å². The largest absolute Gasteiger partial charge is 0.543 e. The van der Waals surface area contributed by atoms with E-state index in [0.717, 1.165) is 43.3 Å². The Kier molecular flexibility index (Phi) is 13.4. The lowest BCUT2D eigenvalue weighted by molar-refractivity contribution is 0.0725. The van der Waals surface area contributed by atoms with E-state index < -0.39 is 25.0 Å². The quantitative estimate of drug-likeness (QED) is 0.210. The Morgan fingerprint density at radius 1 is 0.788 bits per heavy atom. The Morgan fingerprint density at radius 2 is 1.35 bits per heavy atom. The highest BCUT2D eigenvalue weighted by Gasteiger charge is 2.51. The van der Waals surface area contributed by atoms with E-state index in [1.54, 1.807) is 11.1 Å². The molecule has 0 spiro atoms. The molecule has 6 heteroatoms. The number of hydrogen-bond donors (Lipinski definition) is 0. The zero-order valence-electron chi connectivity index (χ0n) is 37.1. The van der Waals surface area contributed by atoms with Crippen molar-refractivity contribution in [3.63, 3.8) is 0 Å². The Morgan fingerprint density at radius 3 is 1.88 bits per heavy atom. The number of allylic oxidation sites excluding steroid dienone is 3. The van der Waals surface area contributed by atoms with Crippen LogP contribution in [0, 0.1) is 23.2 Å². The molecule has 3 aliphatic carbocycles. The molecule has 1 aromatic carbocycles. The number of aryl methyl sites for hydroxylation is 1. The predicted molar refractivity (Wildman–Crippen MR) is 234 cm³/mol. The van der Waals surface area contributed by atoms with Crippen molar-refractivity contribution in [2.24, 2.45) is 23.2 Å². The summed E-state index contributed by atoms with van der Waals surface area (Å²) < 4.78 is 20.9. The highest BCUT2D eigenvalue weighted by atomic mass is 28.4. The molecule has 0 unspecified atom stereocenters. The summed E-state index contributed by atoms with van der Waals surface area (Å²) in [4.78, 5) is 0. The maximum atomic E-state index is 7.12. The zero-order valence-corrected chi connectivity index (χ0v) is 40.1. The van der Waals surface area contributed by atoms with Gasteiger partial charge in [0.15, 0.2) is 16.6 Å². The van der Waals surface area contributed by atoms with Crippen LogP contribution >= 0.6 is 0 Å². The van der Waals surface area contributed by atoms with Crippen LogP contribution in [0.15, 0.2) is 47.6 Å². The van der Waals surface area contributed by atoms with Gasteiger partial charge in [-0.3, -0.25) is 0 Å². The summed E-state index contributed by atoms with van der Waals surface area (Å²) in [7, 11) is -5.62. The monoisotopic (exact) mass is 767 g/mol. The molecule has 3 fully saturated rings. The standard InChI is InChI=1S/C46H82O3Si3/c1-34(23-24-35-20-18-22-38(30-35)47-50(12,13)43(2,3)4)41-27-28-42-37(21-19-29-46(41,42)11)26-25-36-31-39(48-51(14,15)44(5,6)7)33-40(32-36)49-52(16,17)45(8,9)10/h18,20,22,25-26,30,34,39-42H,19,21,23-24,27-29,31-33H2,1-17H3/b37-26+/t34-,39-,40-,41-,42+,46-/m1/s1. The van der Waals surface area contributed by atoms with Crippen LogP contribution in [0.4, 0.5) is 0 Å². The fourth-order valence-corrected chi connectivity index (χ4v) is 12.6. The molecule has 0 amide bonds. The number of fused-ring (bicyclic) bond motifs is 1. The summed E-state index contributed by atoms with van der Waals surface area (Å²) in [6.45, 7) is 40.7. The van der Waals surface area contributed by atoms with Gasteiger partial charge in [0.2, 0.25) is 8.32 Å². The molecule has 0 radical (unpaired) electrons. The third-order valence-electron chi connectivity index (χ3n) is 15.3. The van der Waals surface area contributed by atoms with Crippen LogP contribution in [-0.4, -0.2) is 37.2 Å². The van der Waals surface area contributed by atoms with Gasteiger partial charge in [0.1, 0.15) is 5.75 Å². The van der Waals surface area contributed by atoms with Gasteiger partial charge in [0, 0.05) is 0 Å². The van der Waals surface area contributed by atoms with Gasteiger partial charge >= 0.3 is 0 Å². The third-order valence-corrected chi connectivity index (χ3v) is 28.7. The summed E-state index contributed by atoms with van der Waals surface area (Å²) >= 11 is 0. The van der Waals surface area contributed by atoms with E-state index >= 15 is 0 Å². The fourth-order valence-electron chi connectivity index (χ4n) is 8.88. The van der Waals surface area contributed by atoms with Gasteiger partial charge in [-0.05, 0) is 159 Å². The normalized spacial score (nSPS) is 28.2. The lowest BCUT2D eigenvalue weighted by atomic mass is 9.60. The fraction of sp³-hybridized carbons (Fsp3) is 0.783. The molecule has 0 saturated heterocycles. The molecule has 6 atom stereocenters. The van der Waals surface area contributed by atoms with Crippen molar-refractivity contribution in [1.82, 2.24) is 0 Å². The average molecular weight is 767 g/mol. The first kappa shape index (κ1) is 43.8. The van der Waals surface area contributed by atoms with Crippen molar-refractivity contribution in [3.05, 3.63) is 53.1 Å². The highest BCUT2D eigenvalue weighted by Crippen LogP contribution is 2.60. The average Bonchev–Trinajstić information content (AvgIpc) is 3.34. The summed E-state index contributed by atoms with van der Waals surface area (Å²) in [6.07, 6.45) is 17.9. The first-order valence-corrected chi connectivity index (χ1v) is 29.9. The Bertz CT molecular complexity index is 1380. The Hall–Kier alpha value is -0.929. The second kappa shape index (κ2) is 15.9. The lowest BCUT2D eigenvalue weighted by Gasteiger charge is -2.45. The van der Waals surface area contributed by atoms with Crippen LogP contribution in [0.1, 0.15) is 140 Å². The molecule has 3 aliphatic rings. The van der Waals surface area contributed by atoms with Crippen molar-refractivity contribution in [1.29, 1.82) is 0 Å².